The number of piperazine rings is 1. The second-order valence-electron chi connectivity index (χ2n) is 5.03. The van der Waals surface area contributed by atoms with Crippen LogP contribution in [0.1, 0.15) is 13.8 Å². The lowest BCUT2D eigenvalue weighted by Crippen LogP contribution is -2.54. The van der Waals surface area contributed by atoms with Gasteiger partial charge in [-0.2, -0.15) is 0 Å². The van der Waals surface area contributed by atoms with E-state index in [4.69, 9.17) is 0 Å². The fraction of sp³-hybridized carbons (Fsp3) is 0.429. The van der Waals surface area contributed by atoms with Gasteiger partial charge in [0.1, 0.15) is 12.1 Å². The van der Waals surface area contributed by atoms with Gasteiger partial charge in [0.15, 0.2) is 0 Å². The third-order valence-corrected chi connectivity index (χ3v) is 3.56. The van der Waals surface area contributed by atoms with Gasteiger partial charge in [0.05, 0.1) is 5.52 Å². The van der Waals surface area contributed by atoms with Crippen molar-refractivity contribution in [1.82, 2.24) is 15.3 Å². The fourth-order valence-corrected chi connectivity index (χ4v) is 2.54. The zero-order valence-corrected chi connectivity index (χ0v) is 10.8. The molecule has 1 aromatic carbocycles. The van der Waals surface area contributed by atoms with Crippen molar-refractivity contribution in [3.05, 3.63) is 30.6 Å². The first-order valence-electron chi connectivity index (χ1n) is 6.45. The van der Waals surface area contributed by atoms with Gasteiger partial charge in [-0.15, -0.1) is 0 Å². The van der Waals surface area contributed by atoms with Crippen LogP contribution < -0.4 is 10.2 Å². The first kappa shape index (κ1) is 11.4. The zero-order valence-electron chi connectivity index (χ0n) is 10.8. The molecule has 1 N–H and O–H groups in total. The highest BCUT2D eigenvalue weighted by Gasteiger charge is 2.24. The van der Waals surface area contributed by atoms with Crippen LogP contribution in [0.3, 0.4) is 0 Å². The first-order valence-corrected chi connectivity index (χ1v) is 6.45. The number of nitrogens with one attached hydrogen (secondary N) is 1. The molecular formula is C14H18N4. The van der Waals surface area contributed by atoms with Crippen LogP contribution in [0, 0.1) is 0 Å². The van der Waals surface area contributed by atoms with Crippen molar-refractivity contribution >= 4 is 16.7 Å². The Morgan fingerprint density at radius 1 is 1.22 bits per heavy atom. The van der Waals surface area contributed by atoms with Crippen molar-refractivity contribution in [3.63, 3.8) is 0 Å². The number of hydrogen-bond acceptors (Lipinski definition) is 4. The number of rotatable bonds is 1. The molecule has 0 radical (unpaired) electrons. The Hall–Kier alpha value is -1.68. The summed E-state index contributed by atoms with van der Waals surface area (Å²) in [5, 5.41) is 4.63. The minimum atomic E-state index is 0.458. The van der Waals surface area contributed by atoms with E-state index in [9.17, 15) is 0 Å². The molecule has 1 aromatic heterocycles. The van der Waals surface area contributed by atoms with Gasteiger partial charge >= 0.3 is 0 Å². The molecule has 18 heavy (non-hydrogen) atoms. The van der Waals surface area contributed by atoms with Crippen molar-refractivity contribution in [1.29, 1.82) is 0 Å². The molecule has 94 valence electrons. The quantitative estimate of drug-likeness (QED) is 0.828. The van der Waals surface area contributed by atoms with E-state index < -0.39 is 0 Å². The Morgan fingerprint density at radius 2 is 2.06 bits per heavy atom. The summed E-state index contributed by atoms with van der Waals surface area (Å²) in [7, 11) is 0. The molecule has 0 saturated carbocycles. The molecule has 4 heteroatoms. The molecule has 1 saturated heterocycles. The van der Waals surface area contributed by atoms with Crippen molar-refractivity contribution in [2.75, 3.05) is 18.0 Å². The number of fused-ring (bicyclic) bond motifs is 1. The van der Waals surface area contributed by atoms with Gasteiger partial charge in [0.25, 0.3) is 0 Å². The van der Waals surface area contributed by atoms with Crippen molar-refractivity contribution in [2.45, 2.75) is 25.9 Å². The molecule has 2 heterocycles. The summed E-state index contributed by atoms with van der Waals surface area (Å²) in [6.45, 7) is 6.43. The Bertz CT molecular complexity index is 549. The maximum absolute atomic E-state index is 4.50. The number of anilines is 1. The summed E-state index contributed by atoms with van der Waals surface area (Å²) in [4.78, 5) is 11.2. The van der Waals surface area contributed by atoms with Crippen molar-refractivity contribution in [2.24, 2.45) is 0 Å². The Labute approximate surface area is 107 Å². The third kappa shape index (κ3) is 1.93. The lowest BCUT2D eigenvalue weighted by Gasteiger charge is -2.38. The molecular weight excluding hydrogens is 224 g/mol. The Kier molecular flexibility index (Phi) is 2.88. The van der Waals surface area contributed by atoms with E-state index >= 15 is 0 Å². The predicted molar refractivity (Wildman–Crippen MR) is 73.8 cm³/mol. The summed E-state index contributed by atoms with van der Waals surface area (Å²) in [6, 6.07) is 9.16. The smallest absolute Gasteiger partial charge is 0.140 e. The molecule has 2 aromatic rings. The number of benzene rings is 1. The summed E-state index contributed by atoms with van der Waals surface area (Å²) >= 11 is 0. The third-order valence-electron chi connectivity index (χ3n) is 3.56. The predicted octanol–water partition coefficient (Wildman–Crippen LogP) is 1.82. The van der Waals surface area contributed by atoms with Gasteiger partial charge in [0.2, 0.25) is 0 Å². The lowest BCUT2D eigenvalue weighted by molar-refractivity contribution is 0.423. The molecule has 0 bridgehead atoms. The molecule has 1 aliphatic heterocycles. The molecule has 4 nitrogen and oxygen atoms in total. The van der Waals surface area contributed by atoms with Gasteiger partial charge < -0.3 is 10.2 Å². The van der Waals surface area contributed by atoms with E-state index in [0.717, 1.165) is 29.8 Å². The van der Waals surface area contributed by atoms with Gasteiger partial charge in [-0.05, 0) is 26.0 Å². The summed E-state index contributed by atoms with van der Waals surface area (Å²) in [6.07, 6.45) is 1.66. The van der Waals surface area contributed by atoms with Crippen LogP contribution in [0.2, 0.25) is 0 Å². The normalized spacial score (nSPS) is 24.4. The van der Waals surface area contributed by atoms with E-state index in [0.29, 0.717) is 12.1 Å². The molecule has 1 aliphatic rings. The minimum Gasteiger partial charge on any atom is -0.350 e. The summed E-state index contributed by atoms with van der Waals surface area (Å²) in [5.74, 6) is 1.06. The van der Waals surface area contributed by atoms with Gasteiger partial charge in [0, 0.05) is 30.6 Å². The summed E-state index contributed by atoms with van der Waals surface area (Å²) in [5.41, 5.74) is 1.01. The van der Waals surface area contributed by atoms with Gasteiger partial charge in [-0.25, -0.2) is 9.97 Å². The highest BCUT2D eigenvalue weighted by molar-refractivity contribution is 5.89. The van der Waals surface area contributed by atoms with E-state index in [2.05, 4.69) is 40.1 Å². The molecule has 0 spiro atoms. The molecule has 1 fully saturated rings. The molecule has 0 amide bonds. The van der Waals surface area contributed by atoms with Crippen LogP contribution in [-0.4, -0.2) is 35.1 Å². The zero-order chi connectivity index (χ0) is 12.5. The number of aromatic nitrogens is 2. The van der Waals surface area contributed by atoms with Crippen molar-refractivity contribution < 1.29 is 0 Å². The van der Waals surface area contributed by atoms with Crippen LogP contribution in [0.15, 0.2) is 30.6 Å². The van der Waals surface area contributed by atoms with E-state index in [1.54, 1.807) is 6.33 Å². The Morgan fingerprint density at radius 3 is 2.94 bits per heavy atom. The first-order chi connectivity index (χ1) is 8.75. The van der Waals surface area contributed by atoms with Crippen molar-refractivity contribution in [3.8, 4) is 0 Å². The standard InChI is InChI=1S/C14H18N4/c1-10-8-18(11(2)7-15-10)14-12-5-3-4-6-13(12)16-9-17-14/h3-6,9-11,15H,7-8H2,1-2H3. The van der Waals surface area contributed by atoms with Crippen LogP contribution in [0.4, 0.5) is 5.82 Å². The van der Waals surface area contributed by atoms with E-state index in [1.807, 2.05) is 18.2 Å². The Balaban J connectivity index is 2.07. The fourth-order valence-electron chi connectivity index (χ4n) is 2.54. The molecule has 3 rings (SSSR count). The maximum atomic E-state index is 4.50. The number of para-hydroxylation sites is 1. The molecule has 0 aliphatic carbocycles. The average molecular weight is 242 g/mol. The van der Waals surface area contributed by atoms with E-state index in [1.165, 1.54) is 0 Å². The monoisotopic (exact) mass is 242 g/mol. The van der Waals surface area contributed by atoms with Crippen LogP contribution in [0.25, 0.3) is 10.9 Å². The topological polar surface area (TPSA) is 41.1 Å². The highest BCUT2D eigenvalue weighted by Crippen LogP contribution is 2.25. The largest absolute Gasteiger partial charge is 0.350 e. The minimum absolute atomic E-state index is 0.458. The van der Waals surface area contributed by atoms with Gasteiger partial charge in [-0.3, -0.25) is 0 Å². The maximum Gasteiger partial charge on any atom is 0.140 e. The number of hydrogen-bond donors (Lipinski definition) is 1. The SMILES string of the molecule is CC1CN(c2ncnc3ccccc23)C(C)CN1. The molecule has 2 unspecified atom stereocenters. The lowest BCUT2D eigenvalue weighted by atomic mass is 10.1. The second-order valence-corrected chi connectivity index (χ2v) is 5.03. The van der Waals surface area contributed by atoms with Gasteiger partial charge in [-0.1, -0.05) is 12.1 Å². The number of nitrogens with zero attached hydrogens (tertiary/aromatic N) is 3. The highest BCUT2D eigenvalue weighted by atomic mass is 15.3. The van der Waals surface area contributed by atoms with Crippen LogP contribution in [-0.2, 0) is 0 Å². The average Bonchev–Trinajstić information content (AvgIpc) is 2.41. The van der Waals surface area contributed by atoms with E-state index in [-0.39, 0.29) is 0 Å². The second kappa shape index (κ2) is 4.53. The summed E-state index contributed by atoms with van der Waals surface area (Å²) < 4.78 is 0. The van der Waals surface area contributed by atoms with Crippen LogP contribution in [0.5, 0.6) is 0 Å². The van der Waals surface area contributed by atoms with Crippen LogP contribution >= 0.6 is 0 Å². The molecule has 2 atom stereocenters.